The van der Waals surface area contributed by atoms with Gasteiger partial charge in [0.1, 0.15) is 6.04 Å². The van der Waals surface area contributed by atoms with Crippen molar-refractivity contribution in [3.8, 4) is 0 Å². The quantitative estimate of drug-likeness (QED) is 0.733. The van der Waals surface area contributed by atoms with Gasteiger partial charge in [-0.05, 0) is 37.0 Å². The fourth-order valence-corrected chi connectivity index (χ4v) is 2.95. The van der Waals surface area contributed by atoms with Crippen molar-refractivity contribution < 1.29 is 14.7 Å². The Bertz CT molecular complexity index is 321. The van der Waals surface area contributed by atoms with Crippen molar-refractivity contribution in [1.29, 1.82) is 0 Å². The second kappa shape index (κ2) is 6.78. The number of carboxylic acid groups (broad SMARTS) is 1. The van der Waals surface area contributed by atoms with Crippen molar-refractivity contribution in [2.45, 2.75) is 59.0 Å². The largest absolute Gasteiger partial charge is 0.480 e. The lowest BCUT2D eigenvalue weighted by Crippen LogP contribution is -2.52. The van der Waals surface area contributed by atoms with E-state index in [4.69, 9.17) is 5.11 Å². The Morgan fingerprint density at radius 1 is 1.11 bits per heavy atom. The van der Waals surface area contributed by atoms with Gasteiger partial charge in [0.15, 0.2) is 0 Å². The summed E-state index contributed by atoms with van der Waals surface area (Å²) in [5, 5.41) is 14.5. The first-order valence-corrected chi connectivity index (χ1v) is 7.09. The van der Waals surface area contributed by atoms with E-state index in [0.29, 0.717) is 11.8 Å². The zero-order valence-corrected chi connectivity index (χ0v) is 12.3. The summed E-state index contributed by atoms with van der Waals surface area (Å²) in [6.45, 7) is 7.94. The first-order valence-electron chi connectivity index (χ1n) is 7.09. The van der Waals surface area contributed by atoms with Crippen molar-refractivity contribution in [3.05, 3.63) is 0 Å². The number of aliphatic carboxylic acids is 1. The van der Waals surface area contributed by atoms with Gasteiger partial charge in [-0.15, -0.1) is 0 Å². The fourth-order valence-electron chi connectivity index (χ4n) is 2.95. The molecule has 0 aromatic heterocycles. The van der Waals surface area contributed by atoms with Crippen LogP contribution in [-0.2, 0) is 4.79 Å². The van der Waals surface area contributed by atoms with E-state index in [1.807, 2.05) is 0 Å². The Labute approximate surface area is 115 Å². The second-order valence-electron chi connectivity index (χ2n) is 6.29. The van der Waals surface area contributed by atoms with E-state index in [2.05, 4.69) is 24.5 Å². The summed E-state index contributed by atoms with van der Waals surface area (Å²) in [6.07, 6.45) is 3.14. The van der Waals surface area contributed by atoms with Crippen LogP contribution in [-0.4, -0.2) is 29.2 Å². The third kappa shape index (κ3) is 5.09. The molecule has 3 N–H and O–H groups in total. The maximum Gasteiger partial charge on any atom is 0.326 e. The minimum Gasteiger partial charge on any atom is -0.480 e. The van der Waals surface area contributed by atoms with E-state index >= 15 is 0 Å². The van der Waals surface area contributed by atoms with Gasteiger partial charge >= 0.3 is 12.0 Å². The molecule has 0 aliphatic heterocycles. The molecule has 0 aromatic rings. The average Bonchev–Trinajstić information content (AvgIpc) is 2.23. The second-order valence-corrected chi connectivity index (χ2v) is 6.29. The Morgan fingerprint density at radius 2 is 1.63 bits per heavy atom. The van der Waals surface area contributed by atoms with Gasteiger partial charge in [0.2, 0.25) is 0 Å². The van der Waals surface area contributed by atoms with Crippen molar-refractivity contribution in [2.75, 3.05) is 0 Å². The summed E-state index contributed by atoms with van der Waals surface area (Å²) in [5.74, 6) is 0.0897. The van der Waals surface area contributed by atoms with Crippen molar-refractivity contribution in [3.63, 3.8) is 0 Å². The molecule has 5 heteroatoms. The molecule has 0 saturated heterocycles. The number of urea groups is 1. The summed E-state index contributed by atoms with van der Waals surface area (Å²) < 4.78 is 0. The van der Waals surface area contributed by atoms with Gasteiger partial charge in [0, 0.05) is 6.04 Å². The summed E-state index contributed by atoms with van der Waals surface area (Å²) in [6, 6.07) is -1.05. The number of nitrogens with one attached hydrogen (secondary N) is 2. The molecule has 5 nitrogen and oxygen atoms in total. The van der Waals surface area contributed by atoms with Crippen LogP contribution < -0.4 is 10.6 Å². The zero-order chi connectivity index (χ0) is 14.6. The standard InChI is InChI=1S/C14H26N2O3/c1-8(2)12(13(17)18)16-14(19)15-11-6-9(3)5-10(4)7-11/h8-12H,5-7H2,1-4H3,(H,17,18)(H2,15,16,19)/t9?,10?,11?,12-/m0/s1. The highest BCUT2D eigenvalue weighted by Crippen LogP contribution is 2.28. The van der Waals surface area contributed by atoms with Crippen LogP contribution in [0.25, 0.3) is 0 Å². The van der Waals surface area contributed by atoms with Crippen LogP contribution in [0.15, 0.2) is 0 Å². The van der Waals surface area contributed by atoms with E-state index in [0.717, 1.165) is 12.8 Å². The fraction of sp³-hybridized carbons (Fsp3) is 0.857. The molecule has 1 fully saturated rings. The van der Waals surface area contributed by atoms with E-state index in [-0.39, 0.29) is 18.0 Å². The third-order valence-electron chi connectivity index (χ3n) is 3.73. The van der Waals surface area contributed by atoms with Crippen LogP contribution in [0.2, 0.25) is 0 Å². The van der Waals surface area contributed by atoms with Crippen LogP contribution in [0.4, 0.5) is 4.79 Å². The van der Waals surface area contributed by atoms with E-state index in [1.165, 1.54) is 6.42 Å². The molecule has 1 aliphatic rings. The number of carboxylic acids is 1. The first kappa shape index (κ1) is 15.8. The Hall–Kier alpha value is -1.26. The van der Waals surface area contributed by atoms with Crippen LogP contribution in [0.1, 0.15) is 47.0 Å². The summed E-state index contributed by atoms with van der Waals surface area (Å²) in [5.41, 5.74) is 0. The summed E-state index contributed by atoms with van der Waals surface area (Å²) >= 11 is 0. The molecule has 2 amide bonds. The Morgan fingerprint density at radius 3 is 2.05 bits per heavy atom. The van der Waals surface area contributed by atoms with E-state index < -0.39 is 12.0 Å². The summed E-state index contributed by atoms with van der Waals surface area (Å²) in [4.78, 5) is 22.9. The van der Waals surface area contributed by atoms with Crippen LogP contribution in [0, 0.1) is 17.8 Å². The molecule has 0 radical (unpaired) electrons. The van der Waals surface area contributed by atoms with Crippen molar-refractivity contribution in [1.82, 2.24) is 10.6 Å². The van der Waals surface area contributed by atoms with Gasteiger partial charge in [-0.1, -0.05) is 27.7 Å². The minimum atomic E-state index is -0.990. The molecule has 1 rings (SSSR count). The number of carbonyl (C=O) groups excluding carboxylic acids is 1. The van der Waals surface area contributed by atoms with Gasteiger partial charge in [0.25, 0.3) is 0 Å². The Kier molecular flexibility index (Phi) is 5.63. The van der Waals surface area contributed by atoms with Crippen LogP contribution in [0.5, 0.6) is 0 Å². The lowest BCUT2D eigenvalue weighted by Gasteiger charge is -2.32. The predicted octanol–water partition coefficient (Wildman–Crippen LogP) is 2.22. The zero-order valence-electron chi connectivity index (χ0n) is 12.3. The molecule has 0 aromatic carbocycles. The molecule has 1 saturated carbocycles. The van der Waals surface area contributed by atoms with Gasteiger partial charge in [-0.25, -0.2) is 9.59 Å². The van der Waals surface area contributed by atoms with Gasteiger partial charge in [-0.2, -0.15) is 0 Å². The number of amides is 2. The predicted molar refractivity (Wildman–Crippen MR) is 73.9 cm³/mol. The normalized spacial score (nSPS) is 28.8. The maximum atomic E-state index is 11.9. The lowest BCUT2D eigenvalue weighted by molar-refractivity contribution is -0.140. The summed E-state index contributed by atoms with van der Waals surface area (Å²) in [7, 11) is 0. The highest BCUT2D eigenvalue weighted by Gasteiger charge is 2.27. The van der Waals surface area contributed by atoms with Crippen LogP contribution >= 0.6 is 0 Å². The molecule has 1 aliphatic carbocycles. The molecule has 0 spiro atoms. The molecule has 2 unspecified atom stereocenters. The lowest BCUT2D eigenvalue weighted by atomic mass is 9.80. The Balaban J connectivity index is 2.48. The molecular formula is C14H26N2O3. The van der Waals surface area contributed by atoms with Crippen molar-refractivity contribution >= 4 is 12.0 Å². The molecule has 3 atom stereocenters. The van der Waals surface area contributed by atoms with E-state index in [1.54, 1.807) is 13.8 Å². The third-order valence-corrected chi connectivity index (χ3v) is 3.73. The highest BCUT2D eigenvalue weighted by atomic mass is 16.4. The smallest absolute Gasteiger partial charge is 0.326 e. The van der Waals surface area contributed by atoms with Gasteiger partial charge < -0.3 is 15.7 Å². The number of hydrogen-bond donors (Lipinski definition) is 3. The molecule has 0 bridgehead atoms. The SMILES string of the molecule is CC1CC(C)CC(NC(=O)N[C@H](C(=O)O)C(C)C)C1. The molecule has 110 valence electrons. The van der Waals surface area contributed by atoms with Gasteiger partial charge in [-0.3, -0.25) is 0 Å². The average molecular weight is 270 g/mol. The molecule has 19 heavy (non-hydrogen) atoms. The van der Waals surface area contributed by atoms with E-state index in [9.17, 15) is 9.59 Å². The van der Waals surface area contributed by atoms with Crippen LogP contribution in [0.3, 0.4) is 0 Å². The monoisotopic (exact) mass is 270 g/mol. The number of carbonyl (C=O) groups is 2. The molecule has 0 heterocycles. The maximum absolute atomic E-state index is 11.9. The first-order chi connectivity index (χ1) is 8.79. The van der Waals surface area contributed by atoms with Crippen molar-refractivity contribution in [2.24, 2.45) is 17.8 Å². The number of hydrogen-bond acceptors (Lipinski definition) is 2. The molecular weight excluding hydrogens is 244 g/mol. The minimum absolute atomic E-state index is 0.132. The highest BCUT2D eigenvalue weighted by molar-refractivity contribution is 5.82. The van der Waals surface area contributed by atoms with Gasteiger partial charge in [0.05, 0.1) is 0 Å². The number of rotatable bonds is 4. The topological polar surface area (TPSA) is 78.4 Å².